The molecule has 8 heteroatoms. The van der Waals surface area contributed by atoms with Crippen LogP contribution in [-0.4, -0.2) is 63.9 Å². The summed E-state index contributed by atoms with van der Waals surface area (Å²) in [7, 11) is 0. The van der Waals surface area contributed by atoms with Crippen molar-refractivity contribution in [3.05, 3.63) is 95.8 Å². The first-order valence-electron chi connectivity index (χ1n) is 14.6. The molecule has 4 aromatic rings. The zero-order valence-corrected chi connectivity index (χ0v) is 24.5. The van der Waals surface area contributed by atoms with Gasteiger partial charge in [0.15, 0.2) is 5.65 Å². The van der Waals surface area contributed by atoms with Gasteiger partial charge in [0.05, 0.1) is 24.1 Å². The van der Waals surface area contributed by atoms with Crippen LogP contribution in [0.15, 0.2) is 79.0 Å². The van der Waals surface area contributed by atoms with E-state index in [4.69, 9.17) is 9.47 Å². The average molecular weight is 556 g/mol. The number of rotatable bonds is 11. The number of fused-ring (bicyclic) bond motifs is 1. The second kappa shape index (κ2) is 12.8. The van der Waals surface area contributed by atoms with Gasteiger partial charge in [-0.1, -0.05) is 60.7 Å². The molecule has 5 rings (SSSR count). The van der Waals surface area contributed by atoms with Crippen LogP contribution in [-0.2, 0) is 19.7 Å². The molecular formula is C33H41N5O3. The van der Waals surface area contributed by atoms with Crippen LogP contribution >= 0.6 is 0 Å². The Hall–Kier alpha value is -3.75. The molecule has 8 nitrogen and oxygen atoms in total. The third-order valence-electron chi connectivity index (χ3n) is 7.62. The molecule has 1 aliphatic rings. The number of esters is 1. The van der Waals surface area contributed by atoms with E-state index in [0.29, 0.717) is 11.3 Å². The molecule has 0 spiro atoms. The number of piperidine rings is 1. The molecule has 1 aliphatic heterocycles. The molecule has 216 valence electrons. The number of carbonyl (C=O) groups excluding carboxylic acids is 1. The maximum atomic E-state index is 12.6. The van der Waals surface area contributed by atoms with E-state index in [2.05, 4.69) is 68.8 Å². The fourth-order valence-corrected chi connectivity index (χ4v) is 5.15. The maximum Gasteiger partial charge on any atom is 0.317 e. The lowest BCUT2D eigenvalue weighted by atomic mass is 9.90. The Bertz CT molecular complexity index is 1370. The third-order valence-corrected chi connectivity index (χ3v) is 7.62. The number of imidazole rings is 1. The molecule has 1 fully saturated rings. The second-order valence-corrected chi connectivity index (χ2v) is 11.5. The topological polar surface area (TPSA) is 81.0 Å². The van der Waals surface area contributed by atoms with Crippen molar-refractivity contribution in [1.29, 1.82) is 0 Å². The SMILES string of the molecule is CC(C)OC(=O)C(C)(C)c1cn2nc(NCCN3CCC(OC(c4ccccc4)c4ccccc4)CC3)ccc2n1. The minimum Gasteiger partial charge on any atom is -0.462 e. The summed E-state index contributed by atoms with van der Waals surface area (Å²) in [5.74, 6) is 0.481. The Kier molecular flexibility index (Phi) is 9.00. The van der Waals surface area contributed by atoms with Crippen molar-refractivity contribution >= 4 is 17.4 Å². The third kappa shape index (κ3) is 7.13. The van der Waals surface area contributed by atoms with Gasteiger partial charge in [-0.2, -0.15) is 0 Å². The van der Waals surface area contributed by atoms with Crippen LogP contribution in [0.1, 0.15) is 63.5 Å². The maximum absolute atomic E-state index is 12.6. The Morgan fingerprint density at radius 3 is 2.22 bits per heavy atom. The molecule has 2 aromatic carbocycles. The Labute approximate surface area is 242 Å². The van der Waals surface area contributed by atoms with Gasteiger partial charge in [-0.3, -0.25) is 4.79 Å². The van der Waals surface area contributed by atoms with Crippen molar-refractivity contribution in [2.75, 3.05) is 31.5 Å². The highest BCUT2D eigenvalue weighted by atomic mass is 16.5. The molecule has 0 saturated carbocycles. The van der Waals surface area contributed by atoms with E-state index >= 15 is 0 Å². The highest BCUT2D eigenvalue weighted by Crippen LogP contribution is 2.30. The van der Waals surface area contributed by atoms with E-state index in [1.165, 1.54) is 11.1 Å². The van der Waals surface area contributed by atoms with Crippen LogP contribution in [0.2, 0.25) is 0 Å². The highest BCUT2D eigenvalue weighted by molar-refractivity contribution is 5.82. The number of hydrogen-bond acceptors (Lipinski definition) is 7. The Morgan fingerprint density at radius 2 is 1.61 bits per heavy atom. The number of aromatic nitrogens is 3. The van der Waals surface area contributed by atoms with Crippen molar-refractivity contribution in [2.45, 2.75) is 64.3 Å². The molecule has 0 amide bonds. The van der Waals surface area contributed by atoms with Gasteiger partial charge >= 0.3 is 5.97 Å². The van der Waals surface area contributed by atoms with Gasteiger partial charge < -0.3 is 19.7 Å². The monoisotopic (exact) mass is 555 g/mol. The van der Waals surface area contributed by atoms with Gasteiger partial charge in [0.25, 0.3) is 0 Å². The van der Waals surface area contributed by atoms with Gasteiger partial charge in [-0.15, -0.1) is 5.10 Å². The normalized spacial score (nSPS) is 15.1. The van der Waals surface area contributed by atoms with Crippen LogP contribution in [0, 0.1) is 0 Å². The van der Waals surface area contributed by atoms with E-state index in [1.54, 1.807) is 4.52 Å². The number of nitrogens with zero attached hydrogens (tertiary/aromatic N) is 4. The number of likely N-dealkylation sites (tertiary alicyclic amines) is 1. The number of benzene rings is 2. The van der Waals surface area contributed by atoms with Gasteiger partial charge in [0.1, 0.15) is 17.3 Å². The quantitative estimate of drug-likeness (QED) is 0.240. The van der Waals surface area contributed by atoms with Crippen LogP contribution in [0.5, 0.6) is 0 Å². The molecule has 0 radical (unpaired) electrons. The van der Waals surface area contributed by atoms with Gasteiger partial charge in [0.2, 0.25) is 0 Å². The molecule has 0 atom stereocenters. The van der Waals surface area contributed by atoms with Crippen molar-refractivity contribution in [3.8, 4) is 0 Å². The van der Waals surface area contributed by atoms with Crippen molar-refractivity contribution < 1.29 is 14.3 Å². The van der Waals surface area contributed by atoms with Crippen molar-refractivity contribution in [2.24, 2.45) is 0 Å². The number of nitrogens with one attached hydrogen (secondary N) is 1. The predicted octanol–water partition coefficient (Wildman–Crippen LogP) is 5.64. The molecular weight excluding hydrogens is 514 g/mol. The van der Waals surface area contributed by atoms with Gasteiger partial charge in [-0.05, 0) is 63.8 Å². The van der Waals surface area contributed by atoms with E-state index in [0.717, 1.165) is 44.8 Å². The Morgan fingerprint density at radius 1 is 0.976 bits per heavy atom. The summed E-state index contributed by atoms with van der Waals surface area (Å²) in [6.07, 6.45) is 3.83. The first-order valence-corrected chi connectivity index (χ1v) is 14.6. The van der Waals surface area contributed by atoms with Crippen LogP contribution in [0.3, 0.4) is 0 Å². The molecule has 0 bridgehead atoms. The summed E-state index contributed by atoms with van der Waals surface area (Å²) in [6.45, 7) is 11.1. The molecule has 1 saturated heterocycles. The zero-order chi connectivity index (χ0) is 28.8. The summed E-state index contributed by atoms with van der Waals surface area (Å²) in [5, 5.41) is 8.11. The smallest absolute Gasteiger partial charge is 0.317 e. The molecule has 41 heavy (non-hydrogen) atoms. The highest BCUT2D eigenvalue weighted by Gasteiger charge is 2.35. The van der Waals surface area contributed by atoms with E-state index in [9.17, 15) is 4.79 Å². The molecule has 3 heterocycles. The fourth-order valence-electron chi connectivity index (χ4n) is 5.15. The number of carbonyl (C=O) groups is 1. The van der Waals surface area contributed by atoms with Gasteiger partial charge in [-0.25, -0.2) is 9.50 Å². The number of ether oxygens (including phenoxy) is 2. The lowest BCUT2D eigenvalue weighted by Gasteiger charge is -2.34. The average Bonchev–Trinajstić information content (AvgIpc) is 3.42. The fraction of sp³-hybridized carbons (Fsp3) is 0.424. The first kappa shape index (κ1) is 28.8. The lowest BCUT2D eigenvalue weighted by molar-refractivity contribution is -0.153. The minimum absolute atomic E-state index is 0.0493. The largest absolute Gasteiger partial charge is 0.462 e. The number of anilines is 1. The lowest BCUT2D eigenvalue weighted by Crippen LogP contribution is -2.39. The summed E-state index contributed by atoms with van der Waals surface area (Å²) in [6, 6.07) is 24.8. The second-order valence-electron chi connectivity index (χ2n) is 11.5. The van der Waals surface area contributed by atoms with Crippen molar-refractivity contribution in [3.63, 3.8) is 0 Å². The summed E-state index contributed by atoms with van der Waals surface area (Å²) in [5.41, 5.74) is 2.86. The number of hydrogen-bond donors (Lipinski definition) is 1. The summed E-state index contributed by atoms with van der Waals surface area (Å²) < 4.78 is 13.9. The predicted molar refractivity (Wildman–Crippen MR) is 161 cm³/mol. The van der Waals surface area contributed by atoms with Crippen LogP contribution in [0.4, 0.5) is 5.82 Å². The summed E-state index contributed by atoms with van der Waals surface area (Å²) in [4.78, 5) is 19.7. The van der Waals surface area contributed by atoms with Crippen molar-refractivity contribution in [1.82, 2.24) is 19.5 Å². The van der Waals surface area contributed by atoms with Crippen LogP contribution < -0.4 is 5.32 Å². The van der Waals surface area contributed by atoms with Crippen LogP contribution in [0.25, 0.3) is 5.65 Å². The molecule has 0 aliphatic carbocycles. The van der Waals surface area contributed by atoms with E-state index in [-0.39, 0.29) is 24.3 Å². The minimum atomic E-state index is -0.858. The standard InChI is InChI=1S/C33H41N5O3/c1-24(2)40-32(39)33(3,4)28-23-38-30(35-28)16-15-29(36-38)34-19-22-37-20-17-27(18-21-37)41-31(25-11-7-5-8-12-25)26-13-9-6-10-14-26/h5-16,23-24,27,31H,17-22H2,1-4H3,(H,34,36). The molecule has 2 aromatic heterocycles. The first-order chi connectivity index (χ1) is 19.8. The molecule has 1 N–H and O–H groups in total. The van der Waals surface area contributed by atoms with Gasteiger partial charge in [0, 0.05) is 26.2 Å². The molecule has 0 unspecified atom stereocenters. The van der Waals surface area contributed by atoms with E-state index < -0.39 is 5.41 Å². The Balaban J connectivity index is 1.12. The zero-order valence-electron chi connectivity index (χ0n) is 24.5. The summed E-state index contributed by atoms with van der Waals surface area (Å²) >= 11 is 0. The van der Waals surface area contributed by atoms with E-state index in [1.807, 2.05) is 58.2 Å².